The first kappa shape index (κ1) is 26.3. The summed E-state index contributed by atoms with van der Waals surface area (Å²) in [6.07, 6.45) is -6.77. The summed E-state index contributed by atoms with van der Waals surface area (Å²) in [7, 11) is 0. The van der Waals surface area contributed by atoms with Crippen molar-refractivity contribution in [3.8, 4) is 11.5 Å². The summed E-state index contributed by atoms with van der Waals surface area (Å²) in [4.78, 5) is 37.5. The second-order valence-electron chi connectivity index (χ2n) is 9.48. The molecule has 4 rings (SSSR count). The molecule has 37 heavy (non-hydrogen) atoms. The highest BCUT2D eigenvalue weighted by molar-refractivity contribution is 6.16. The van der Waals surface area contributed by atoms with Gasteiger partial charge < -0.3 is 34.6 Å². The summed E-state index contributed by atoms with van der Waals surface area (Å²) in [5.41, 5.74) is 1.60. The Kier molecular flexibility index (Phi) is 7.09. The minimum Gasteiger partial charge on any atom is -0.507 e. The Labute approximate surface area is 212 Å². The molecule has 1 saturated heterocycles. The van der Waals surface area contributed by atoms with Gasteiger partial charge in [-0.25, -0.2) is 4.79 Å². The monoisotopic (exact) mass is 512 g/mol. The van der Waals surface area contributed by atoms with Gasteiger partial charge in [-0.15, -0.1) is 0 Å². The van der Waals surface area contributed by atoms with Crippen molar-refractivity contribution in [2.75, 3.05) is 0 Å². The number of phenols is 2. The zero-order chi connectivity index (χ0) is 27.2. The fraction of sp³-hybridized carbons (Fsp3) is 0.370. The lowest BCUT2D eigenvalue weighted by atomic mass is 9.71. The number of carbonyl (C=O) groups excluding carboxylic acids is 3. The van der Waals surface area contributed by atoms with Gasteiger partial charge in [0.2, 0.25) is 12.1 Å². The molecule has 1 heterocycles. The van der Waals surface area contributed by atoms with Gasteiger partial charge in [0.25, 0.3) is 0 Å². The summed E-state index contributed by atoms with van der Waals surface area (Å²) in [5, 5.41) is 43.4. The first-order valence-corrected chi connectivity index (χ1v) is 11.6. The van der Waals surface area contributed by atoms with Crippen LogP contribution in [0.15, 0.2) is 42.0 Å². The van der Waals surface area contributed by atoms with Crippen LogP contribution in [0.5, 0.6) is 11.5 Å². The van der Waals surface area contributed by atoms with E-state index >= 15 is 0 Å². The highest BCUT2D eigenvalue weighted by Crippen LogP contribution is 2.47. The maximum atomic E-state index is 13.3. The number of aryl methyl sites for hydroxylation is 1. The number of benzene rings is 2. The summed E-state index contributed by atoms with van der Waals surface area (Å²) < 4.78 is 16.4. The Morgan fingerprint density at radius 3 is 2.27 bits per heavy atom. The lowest BCUT2D eigenvalue weighted by molar-refractivity contribution is -0.291. The number of aliphatic hydroxyl groups excluding tert-OH is 2. The van der Waals surface area contributed by atoms with E-state index in [4.69, 9.17) is 14.2 Å². The smallest absolute Gasteiger partial charge is 0.331 e. The van der Waals surface area contributed by atoms with Crippen molar-refractivity contribution in [3.63, 3.8) is 0 Å². The number of aliphatic hydroxyl groups is 2. The van der Waals surface area contributed by atoms with Crippen LogP contribution in [0.2, 0.25) is 0 Å². The van der Waals surface area contributed by atoms with Gasteiger partial charge in [-0.05, 0) is 49.6 Å². The molecule has 196 valence electrons. The van der Waals surface area contributed by atoms with Gasteiger partial charge in [0, 0.05) is 18.9 Å². The third-order valence-electron chi connectivity index (χ3n) is 6.34. The van der Waals surface area contributed by atoms with Crippen molar-refractivity contribution < 1.29 is 49.0 Å². The Morgan fingerprint density at radius 1 is 0.946 bits per heavy atom. The summed E-state index contributed by atoms with van der Waals surface area (Å²) >= 11 is 0. The molecule has 2 aromatic rings. The fourth-order valence-electron chi connectivity index (χ4n) is 4.94. The van der Waals surface area contributed by atoms with Crippen LogP contribution in [0.4, 0.5) is 0 Å². The van der Waals surface area contributed by atoms with Crippen molar-refractivity contribution >= 4 is 17.7 Å². The van der Waals surface area contributed by atoms with E-state index in [2.05, 4.69) is 0 Å². The fourth-order valence-corrected chi connectivity index (χ4v) is 4.94. The quantitative estimate of drug-likeness (QED) is 0.352. The molecule has 6 atom stereocenters. The lowest BCUT2D eigenvalue weighted by Crippen LogP contribution is -2.61. The normalized spacial score (nSPS) is 26.5. The number of fused-ring (bicyclic) bond motifs is 2. The molecule has 0 spiro atoms. The molecule has 1 aliphatic carbocycles. The van der Waals surface area contributed by atoms with Crippen molar-refractivity contribution in [3.05, 3.63) is 69.8 Å². The third kappa shape index (κ3) is 4.83. The highest BCUT2D eigenvalue weighted by Gasteiger charge is 2.53. The number of ether oxygens (including phenoxy) is 3. The van der Waals surface area contributed by atoms with Gasteiger partial charge in [-0.3, -0.25) is 9.59 Å². The summed E-state index contributed by atoms with van der Waals surface area (Å²) in [5.74, 6) is -3.91. The molecule has 0 aromatic heterocycles. The molecule has 0 saturated carbocycles. The standard InChI is InChI=1S/C27H28O10/c1-11(2)8-18(31)36-26-23(33)25(37-27(24(26)34)35-13(4)28)19-14-6-5-7-16(29)20(14)22(32)21-15(19)9-12(3)10-17(21)30/h5-10,19,23-27,29-30,33-34H,1-4H3/t19-,23-,24+,25-,26+,27+/m0/s1. The predicted molar refractivity (Wildman–Crippen MR) is 128 cm³/mol. The molecule has 4 N–H and O–H groups in total. The molecule has 2 aliphatic rings. The second kappa shape index (κ2) is 9.97. The van der Waals surface area contributed by atoms with E-state index in [0.29, 0.717) is 11.1 Å². The van der Waals surface area contributed by atoms with Gasteiger partial charge in [-0.1, -0.05) is 23.8 Å². The van der Waals surface area contributed by atoms with Crippen LogP contribution >= 0.6 is 0 Å². The van der Waals surface area contributed by atoms with Gasteiger partial charge in [0.15, 0.2) is 12.2 Å². The number of esters is 2. The van der Waals surface area contributed by atoms with E-state index in [-0.39, 0.29) is 33.8 Å². The maximum Gasteiger partial charge on any atom is 0.331 e. The van der Waals surface area contributed by atoms with E-state index in [1.165, 1.54) is 24.3 Å². The molecule has 0 bridgehead atoms. The van der Waals surface area contributed by atoms with Crippen LogP contribution in [-0.4, -0.2) is 68.9 Å². The van der Waals surface area contributed by atoms with E-state index in [9.17, 15) is 34.8 Å². The number of allylic oxidation sites excluding steroid dienone is 1. The van der Waals surface area contributed by atoms with Crippen LogP contribution in [0.1, 0.15) is 59.3 Å². The van der Waals surface area contributed by atoms with E-state index < -0.39 is 54.3 Å². The van der Waals surface area contributed by atoms with Crippen LogP contribution in [-0.2, 0) is 23.8 Å². The summed E-state index contributed by atoms with van der Waals surface area (Å²) in [6.45, 7) is 6.13. The molecule has 0 radical (unpaired) electrons. The lowest BCUT2D eigenvalue weighted by Gasteiger charge is -2.45. The minimum absolute atomic E-state index is 0.0892. The molecule has 10 nitrogen and oxygen atoms in total. The van der Waals surface area contributed by atoms with Gasteiger partial charge in [0.1, 0.15) is 23.7 Å². The molecular weight excluding hydrogens is 484 g/mol. The van der Waals surface area contributed by atoms with E-state index in [0.717, 1.165) is 6.92 Å². The SMILES string of the molecule is CC(=O)O[C@@H]1O[C@@H]([C@H]2c3cccc(O)c3C(=O)c3c(O)cc(C)cc32)[C@H](O)[C@@H](OC(=O)C=C(C)C)[C@H]1O. The number of phenolic OH excluding ortho intramolecular Hbond substituents is 2. The van der Waals surface area contributed by atoms with E-state index in [1.54, 1.807) is 32.9 Å². The molecule has 10 heteroatoms. The molecular formula is C27H28O10. The first-order valence-electron chi connectivity index (χ1n) is 11.6. The average molecular weight is 513 g/mol. The van der Waals surface area contributed by atoms with E-state index in [1.807, 2.05) is 0 Å². The predicted octanol–water partition coefficient (Wildman–Crippen LogP) is 1.97. The molecule has 2 aromatic carbocycles. The van der Waals surface area contributed by atoms with Crippen LogP contribution < -0.4 is 0 Å². The van der Waals surface area contributed by atoms with Crippen LogP contribution in [0.3, 0.4) is 0 Å². The van der Waals surface area contributed by atoms with Gasteiger partial charge in [-0.2, -0.15) is 0 Å². The molecule has 0 amide bonds. The summed E-state index contributed by atoms with van der Waals surface area (Å²) in [6, 6.07) is 7.42. The Morgan fingerprint density at radius 2 is 1.62 bits per heavy atom. The van der Waals surface area contributed by atoms with Gasteiger partial charge in [0.05, 0.1) is 11.1 Å². The Balaban J connectivity index is 1.89. The molecule has 1 fully saturated rings. The number of carbonyl (C=O) groups is 3. The van der Waals surface area contributed by atoms with Crippen molar-refractivity contribution in [2.45, 2.75) is 64.3 Å². The van der Waals surface area contributed by atoms with Crippen molar-refractivity contribution in [1.29, 1.82) is 0 Å². The average Bonchev–Trinajstić information content (AvgIpc) is 2.78. The van der Waals surface area contributed by atoms with Crippen LogP contribution in [0, 0.1) is 6.92 Å². The minimum atomic E-state index is -1.73. The third-order valence-corrected chi connectivity index (χ3v) is 6.34. The molecule has 1 aliphatic heterocycles. The highest BCUT2D eigenvalue weighted by atomic mass is 16.7. The number of hydrogen-bond donors (Lipinski definition) is 4. The number of hydrogen-bond acceptors (Lipinski definition) is 10. The van der Waals surface area contributed by atoms with Crippen molar-refractivity contribution in [1.82, 2.24) is 0 Å². The Bertz CT molecular complexity index is 1290. The largest absolute Gasteiger partial charge is 0.507 e. The topological polar surface area (TPSA) is 160 Å². The number of aromatic hydroxyl groups is 2. The zero-order valence-corrected chi connectivity index (χ0v) is 20.7. The Hall–Kier alpha value is -3.73. The first-order chi connectivity index (χ1) is 17.4. The van der Waals surface area contributed by atoms with Crippen molar-refractivity contribution in [2.24, 2.45) is 0 Å². The molecule has 0 unspecified atom stereocenters. The van der Waals surface area contributed by atoms with Gasteiger partial charge >= 0.3 is 11.9 Å². The number of ketones is 1. The maximum absolute atomic E-state index is 13.3. The second-order valence-corrected chi connectivity index (χ2v) is 9.48. The zero-order valence-electron chi connectivity index (χ0n) is 20.7. The van der Waals surface area contributed by atoms with Crippen LogP contribution in [0.25, 0.3) is 0 Å². The number of rotatable bonds is 4.